The first kappa shape index (κ1) is 27.8. The van der Waals surface area contributed by atoms with Crippen molar-refractivity contribution in [3.63, 3.8) is 0 Å². The van der Waals surface area contributed by atoms with Crippen molar-refractivity contribution in [1.29, 1.82) is 0 Å². The van der Waals surface area contributed by atoms with Crippen molar-refractivity contribution >= 4 is 11.5 Å². The number of carbonyl (C=O) groups excluding carboxylic acids is 1. The average Bonchev–Trinajstić information content (AvgIpc) is 2.93. The van der Waals surface area contributed by atoms with Gasteiger partial charge in [0.1, 0.15) is 23.9 Å². The van der Waals surface area contributed by atoms with Crippen LogP contribution in [0.25, 0.3) is 16.7 Å². The van der Waals surface area contributed by atoms with Crippen LogP contribution < -0.4 is 14.2 Å². The van der Waals surface area contributed by atoms with E-state index in [0.29, 0.717) is 26.2 Å². The minimum Gasteiger partial charge on any atom is -0.497 e. The number of benzene rings is 3. The van der Waals surface area contributed by atoms with E-state index < -0.39 is 6.10 Å². The van der Waals surface area contributed by atoms with E-state index in [1.54, 1.807) is 21.1 Å². The molecule has 3 aromatic rings. The maximum Gasteiger partial charge on any atom is 0.335 e. The molecule has 0 amide bonds. The standard InChI is InChI=1S/C31H36O6/c1-6-35-30(31(32)36-7-2)20-23-8-14-26(15-9-23)37-19-18-22(3)24-10-12-25(13-11-24)28-21-27(33-4)16-17-29(28)34-5/h8-18,21,30H,6-7,19-20H2,1-5H3/t30-/m0/s1. The fourth-order valence-corrected chi connectivity index (χ4v) is 3.92. The number of hydrogen-bond acceptors (Lipinski definition) is 6. The number of allylic oxidation sites excluding steroid dienone is 1. The Kier molecular flexibility index (Phi) is 10.6. The molecule has 0 unspecified atom stereocenters. The van der Waals surface area contributed by atoms with E-state index in [1.807, 2.05) is 49.4 Å². The summed E-state index contributed by atoms with van der Waals surface area (Å²) in [7, 11) is 3.32. The molecule has 0 aliphatic rings. The van der Waals surface area contributed by atoms with Gasteiger partial charge in [0.2, 0.25) is 0 Å². The lowest BCUT2D eigenvalue weighted by Crippen LogP contribution is -2.28. The Morgan fingerprint density at radius 2 is 1.57 bits per heavy atom. The van der Waals surface area contributed by atoms with Crippen molar-refractivity contribution in [3.05, 3.63) is 83.9 Å². The summed E-state index contributed by atoms with van der Waals surface area (Å²) in [5.41, 5.74) is 5.26. The molecule has 6 heteroatoms. The van der Waals surface area contributed by atoms with Crippen LogP contribution in [0.15, 0.2) is 72.8 Å². The number of esters is 1. The first-order valence-electron chi connectivity index (χ1n) is 12.5. The van der Waals surface area contributed by atoms with Crippen LogP contribution in [-0.4, -0.2) is 46.1 Å². The van der Waals surface area contributed by atoms with Gasteiger partial charge in [0.25, 0.3) is 0 Å². The molecule has 0 aromatic heterocycles. The fraction of sp³-hybridized carbons (Fsp3) is 0.323. The first-order chi connectivity index (χ1) is 18.0. The van der Waals surface area contributed by atoms with Gasteiger partial charge in [-0.1, -0.05) is 36.4 Å². The van der Waals surface area contributed by atoms with Crippen LogP contribution in [-0.2, 0) is 20.7 Å². The van der Waals surface area contributed by atoms with Crippen molar-refractivity contribution in [2.24, 2.45) is 0 Å². The number of hydrogen-bond donors (Lipinski definition) is 0. The minimum atomic E-state index is -0.598. The molecule has 0 aliphatic heterocycles. The van der Waals surface area contributed by atoms with E-state index in [1.165, 1.54) is 0 Å². The van der Waals surface area contributed by atoms with Crippen LogP contribution in [0.1, 0.15) is 31.9 Å². The van der Waals surface area contributed by atoms with Gasteiger partial charge < -0.3 is 23.7 Å². The number of methoxy groups -OCH3 is 2. The van der Waals surface area contributed by atoms with E-state index >= 15 is 0 Å². The lowest BCUT2D eigenvalue weighted by atomic mass is 10.00. The second-order valence-corrected chi connectivity index (χ2v) is 8.39. The first-order valence-corrected chi connectivity index (χ1v) is 12.5. The Morgan fingerprint density at radius 1 is 0.865 bits per heavy atom. The molecule has 0 heterocycles. The highest BCUT2D eigenvalue weighted by Crippen LogP contribution is 2.34. The van der Waals surface area contributed by atoms with Crippen LogP contribution in [0.2, 0.25) is 0 Å². The van der Waals surface area contributed by atoms with E-state index in [-0.39, 0.29) is 5.97 Å². The second-order valence-electron chi connectivity index (χ2n) is 8.39. The van der Waals surface area contributed by atoms with E-state index in [4.69, 9.17) is 23.7 Å². The molecular weight excluding hydrogens is 468 g/mol. The van der Waals surface area contributed by atoms with E-state index in [2.05, 4.69) is 37.3 Å². The molecule has 37 heavy (non-hydrogen) atoms. The third kappa shape index (κ3) is 7.86. The Balaban J connectivity index is 1.59. The molecule has 0 spiro atoms. The molecule has 196 valence electrons. The van der Waals surface area contributed by atoms with Gasteiger partial charge in [0.15, 0.2) is 6.10 Å². The van der Waals surface area contributed by atoms with Crippen molar-refractivity contribution in [2.45, 2.75) is 33.3 Å². The Morgan fingerprint density at radius 3 is 2.19 bits per heavy atom. The third-order valence-corrected chi connectivity index (χ3v) is 5.96. The monoisotopic (exact) mass is 504 g/mol. The number of carbonyl (C=O) groups is 1. The maximum absolute atomic E-state index is 12.1. The predicted molar refractivity (Wildman–Crippen MR) is 146 cm³/mol. The summed E-state index contributed by atoms with van der Waals surface area (Å²) in [4.78, 5) is 12.1. The SMILES string of the molecule is CCOC(=O)[C@H](Cc1ccc(OCC=C(C)c2ccc(-c3cc(OC)ccc3OC)cc2)cc1)OCC. The lowest BCUT2D eigenvalue weighted by Gasteiger charge is -2.15. The van der Waals surface area contributed by atoms with Gasteiger partial charge in [0.05, 0.1) is 20.8 Å². The van der Waals surface area contributed by atoms with Gasteiger partial charge in [-0.3, -0.25) is 0 Å². The highest BCUT2D eigenvalue weighted by atomic mass is 16.6. The molecule has 1 atom stereocenters. The van der Waals surface area contributed by atoms with E-state index in [9.17, 15) is 4.79 Å². The summed E-state index contributed by atoms with van der Waals surface area (Å²) in [5, 5.41) is 0. The van der Waals surface area contributed by atoms with Crippen LogP contribution in [0.5, 0.6) is 17.2 Å². The molecule has 0 radical (unpaired) electrons. The molecule has 0 saturated heterocycles. The summed E-state index contributed by atoms with van der Waals surface area (Å²) in [6.07, 6.45) is 1.92. The zero-order valence-corrected chi connectivity index (χ0v) is 22.3. The van der Waals surface area contributed by atoms with Crippen molar-refractivity contribution < 1.29 is 28.5 Å². The zero-order chi connectivity index (χ0) is 26.6. The summed E-state index contributed by atoms with van der Waals surface area (Å²) in [6.45, 7) is 6.96. The molecule has 6 nitrogen and oxygen atoms in total. The van der Waals surface area contributed by atoms with Gasteiger partial charge >= 0.3 is 5.97 Å². The van der Waals surface area contributed by atoms with Crippen molar-refractivity contribution in [2.75, 3.05) is 34.0 Å². The Hall–Kier alpha value is -3.77. The van der Waals surface area contributed by atoms with Crippen LogP contribution in [0.3, 0.4) is 0 Å². The molecule has 0 saturated carbocycles. The van der Waals surface area contributed by atoms with Gasteiger partial charge in [-0.15, -0.1) is 0 Å². The quantitative estimate of drug-likeness (QED) is 0.252. The summed E-state index contributed by atoms with van der Waals surface area (Å²) >= 11 is 0. The van der Waals surface area contributed by atoms with Crippen molar-refractivity contribution in [1.82, 2.24) is 0 Å². The second kappa shape index (κ2) is 14.1. The number of ether oxygens (including phenoxy) is 5. The molecule has 3 rings (SSSR count). The fourth-order valence-electron chi connectivity index (χ4n) is 3.92. The van der Waals surface area contributed by atoms with Crippen molar-refractivity contribution in [3.8, 4) is 28.4 Å². The predicted octanol–water partition coefficient (Wildman–Crippen LogP) is 6.36. The molecule has 0 fully saturated rings. The highest BCUT2D eigenvalue weighted by Gasteiger charge is 2.20. The smallest absolute Gasteiger partial charge is 0.335 e. The van der Waals surface area contributed by atoms with Gasteiger partial charge in [0, 0.05) is 18.6 Å². The Labute approximate surface area is 219 Å². The summed E-state index contributed by atoms with van der Waals surface area (Å²) in [5.74, 6) is 2.02. The van der Waals surface area contributed by atoms with Crippen LogP contribution in [0, 0.1) is 0 Å². The lowest BCUT2D eigenvalue weighted by molar-refractivity contribution is -0.156. The molecule has 0 N–H and O–H groups in total. The molecule has 0 bridgehead atoms. The normalized spacial score (nSPS) is 12.1. The highest BCUT2D eigenvalue weighted by molar-refractivity contribution is 5.75. The average molecular weight is 505 g/mol. The minimum absolute atomic E-state index is 0.332. The zero-order valence-electron chi connectivity index (χ0n) is 22.3. The molecule has 3 aromatic carbocycles. The van der Waals surface area contributed by atoms with Gasteiger partial charge in [-0.2, -0.15) is 0 Å². The molecule has 0 aliphatic carbocycles. The van der Waals surface area contributed by atoms with Crippen LogP contribution >= 0.6 is 0 Å². The van der Waals surface area contributed by atoms with Gasteiger partial charge in [-0.25, -0.2) is 4.79 Å². The topological polar surface area (TPSA) is 63.2 Å². The number of rotatable bonds is 13. The summed E-state index contributed by atoms with van der Waals surface area (Å²) in [6, 6.07) is 21.8. The Bertz CT molecular complexity index is 1170. The van der Waals surface area contributed by atoms with Crippen LogP contribution in [0.4, 0.5) is 0 Å². The third-order valence-electron chi connectivity index (χ3n) is 5.96. The van der Waals surface area contributed by atoms with Gasteiger partial charge in [-0.05, 0) is 79.4 Å². The summed E-state index contributed by atoms with van der Waals surface area (Å²) < 4.78 is 27.5. The maximum atomic E-state index is 12.1. The molecular formula is C31H36O6. The van der Waals surface area contributed by atoms with E-state index in [0.717, 1.165) is 45.1 Å². The largest absolute Gasteiger partial charge is 0.497 e.